The number of fused-ring (bicyclic) bond motifs is 1. The molecule has 0 radical (unpaired) electrons. The first-order chi connectivity index (χ1) is 14.0. The number of nitrogens with two attached hydrogens (primary N) is 1. The van der Waals surface area contributed by atoms with Crippen molar-refractivity contribution >= 4 is 40.2 Å². The zero-order valence-electron chi connectivity index (χ0n) is 16.5. The summed E-state index contributed by atoms with van der Waals surface area (Å²) in [5, 5.41) is 22.2. The number of aromatic nitrogens is 5. The number of anilines is 3. The van der Waals surface area contributed by atoms with E-state index in [2.05, 4.69) is 20.5 Å². The lowest BCUT2D eigenvalue weighted by molar-refractivity contribution is 0.265. The van der Waals surface area contributed by atoms with Crippen LogP contribution in [0.1, 0.15) is 38.3 Å². The van der Waals surface area contributed by atoms with E-state index in [4.69, 9.17) is 27.3 Å². The average molecular weight is 417 g/mol. The number of aliphatic hydroxyl groups is 1. The zero-order chi connectivity index (χ0) is 20.5. The number of nitrogens with zero attached hydrogens (tertiary/aromatic N) is 6. The van der Waals surface area contributed by atoms with Gasteiger partial charge >= 0.3 is 0 Å². The molecule has 3 heterocycles. The molecular weight excluding hydrogens is 392 g/mol. The fourth-order valence-corrected chi connectivity index (χ4v) is 3.71. The number of hydrogen-bond donors (Lipinski definition) is 3. The molecule has 1 atom stereocenters. The van der Waals surface area contributed by atoms with E-state index in [-0.39, 0.29) is 18.7 Å². The molecule has 1 aliphatic heterocycles. The van der Waals surface area contributed by atoms with Crippen molar-refractivity contribution in [3.8, 4) is 0 Å². The second-order valence-corrected chi connectivity index (χ2v) is 7.96. The van der Waals surface area contributed by atoms with Gasteiger partial charge in [-0.05, 0) is 44.4 Å². The van der Waals surface area contributed by atoms with E-state index >= 15 is 0 Å². The fraction of sp³-hybridized carbons (Fsp3) is 0.474. The molecule has 10 heteroatoms. The van der Waals surface area contributed by atoms with Gasteiger partial charge in [-0.25, -0.2) is 4.68 Å². The lowest BCUT2D eigenvalue weighted by Crippen LogP contribution is -2.33. The number of benzene rings is 1. The Hall–Kier alpha value is -2.65. The average Bonchev–Trinajstić information content (AvgIpc) is 3.35. The van der Waals surface area contributed by atoms with Crippen LogP contribution in [0.4, 0.5) is 17.5 Å². The van der Waals surface area contributed by atoms with E-state index in [0.717, 1.165) is 24.9 Å². The van der Waals surface area contributed by atoms with E-state index in [1.165, 1.54) is 0 Å². The lowest BCUT2D eigenvalue weighted by atomic mass is 10.2. The normalized spacial score (nSPS) is 16.9. The minimum absolute atomic E-state index is 0.0275. The number of nitrogens with one attached hydrogen (secondary N) is 1. The van der Waals surface area contributed by atoms with Gasteiger partial charge < -0.3 is 21.1 Å². The van der Waals surface area contributed by atoms with Crippen LogP contribution in [0.3, 0.4) is 0 Å². The van der Waals surface area contributed by atoms with Gasteiger partial charge in [0.2, 0.25) is 5.95 Å². The van der Waals surface area contributed by atoms with Crippen LogP contribution in [-0.2, 0) is 6.54 Å². The largest absolute Gasteiger partial charge is 0.398 e. The Kier molecular flexibility index (Phi) is 5.42. The van der Waals surface area contributed by atoms with Crippen molar-refractivity contribution in [2.45, 2.75) is 45.3 Å². The fourth-order valence-electron chi connectivity index (χ4n) is 3.60. The molecule has 3 aromatic rings. The summed E-state index contributed by atoms with van der Waals surface area (Å²) in [4.78, 5) is 11.5. The Morgan fingerprint density at radius 1 is 1.34 bits per heavy atom. The first-order valence-electron chi connectivity index (χ1n) is 9.76. The van der Waals surface area contributed by atoms with E-state index in [0.29, 0.717) is 40.2 Å². The van der Waals surface area contributed by atoms with Gasteiger partial charge in [0.25, 0.3) is 0 Å². The predicted molar refractivity (Wildman–Crippen MR) is 114 cm³/mol. The Bertz CT molecular complexity index is 1020. The molecule has 0 spiro atoms. The second-order valence-electron chi connectivity index (χ2n) is 7.55. The minimum Gasteiger partial charge on any atom is -0.398 e. The molecular formula is C19H25ClN8O. The monoisotopic (exact) mass is 416 g/mol. The summed E-state index contributed by atoms with van der Waals surface area (Å²) in [5.74, 6) is 1.19. The molecule has 0 amide bonds. The van der Waals surface area contributed by atoms with Crippen molar-refractivity contribution in [2.24, 2.45) is 0 Å². The van der Waals surface area contributed by atoms with Crippen LogP contribution in [0, 0.1) is 0 Å². The maximum Gasteiger partial charge on any atom is 0.229 e. The highest BCUT2D eigenvalue weighted by atomic mass is 35.5. The molecule has 0 saturated carbocycles. The molecule has 0 unspecified atom stereocenters. The third kappa shape index (κ3) is 3.79. The summed E-state index contributed by atoms with van der Waals surface area (Å²) in [6, 6.07) is 5.67. The first kappa shape index (κ1) is 19.7. The van der Waals surface area contributed by atoms with E-state index in [9.17, 15) is 5.11 Å². The summed E-state index contributed by atoms with van der Waals surface area (Å²) < 4.78 is 1.79. The zero-order valence-corrected chi connectivity index (χ0v) is 17.3. The summed E-state index contributed by atoms with van der Waals surface area (Å²) >= 11 is 6.02. The Balaban J connectivity index is 1.72. The molecule has 9 nitrogen and oxygen atoms in total. The van der Waals surface area contributed by atoms with Crippen molar-refractivity contribution in [3.63, 3.8) is 0 Å². The molecule has 2 aromatic heterocycles. The summed E-state index contributed by atoms with van der Waals surface area (Å²) in [6.45, 7) is 5.46. The molecule has 4 rings (SSSR count). The predicted octanol–water partition coefficient (Wildman–Crippen LogP) is 2.61. The molecule has 0 aliphatic carbocycles. The van der Waals surface area contributed by atoms with E-state index in [1.54, 1.807) is 10.7 Å². The van der Waals surface area contributed by atoms with Gasteiger partial charge in [0.1, 0.15) is 0 Å². The van der Waals surface area contributed by atoms with Gasteiger partial charge in [-0.3, -0.25) is 0 Å². The number of rotatable bonds is 6. The van der Waals surface area contributed by atoms with Crippen molar-refractivity contribution < 1.29 is 5.11 Å². The van der Waals surface area contributed by atoms with Gasteiger partial charge in [-0.1, -0.05) is 22.9 Å². The highest BCUT2D eigenvalue weighted by Crippen LogP contribution is 2.28. The molecule has 154 valence electrons. The van der Waals surface area contributed by atoms with Crippen LogP contribution in [0.15, 0.2) is 18.2 Å². The van der Waals surface area contributed by atoms with Gasteiger partial charge in [0, 0.05) is 13.1 Å². The second kappa shape index (κ2) is 8.00. The van der Waals surface area contributed by atoms with Gasteiger partial charge in [-0.15, -0.1) is 5.10 Å². The molecule has 1 aromatic carbocycles. The van der Waals surface area contributed by atoms with Crippen molar-refractivity contribution in [1.29, 1.82) is 0 Å². The maximum atomic E-state index is 9.72. The minimum atomic E-state index is 0.0275. The van der Waals surface area contributed by atoms with E-state index < -0.39 is 0 Å². The third-order valence-electron chi connectivity index (χ3n) is 5.17. The van der Waals surface area contributed by atoms with Gasteiger partial charge in [0.15, 0.2) is 17.0 Å². The van der Waals surface area contributed by atoms with Crippen LogP contribution >= 0.6 is 11.6 Å². The Morgan fingerprint density at radius 2 is 2.17 bits per heavy atom. The standard InChI is InChI=1S/C19H25ClN8O/c1-11(2)28-18-16(25-26-28)17(22-9-12-5-6-14(20)15(21)8-12)23-19(24-18)27-7-3-4-13(27)10-29/h5-6,8,11,13,29H,3-4,7,9-10,21H2,1-2H3,(H,22,23,24)/t13-/m1/s1. The summed E-state index contributed by atoms with van der Waals surface area (Å²) in [7, 11) is 0. The first-order valence-corrected chi connectivity index (χ1v) is 10.1. The molecule has 0 bridgehead atoms. The molecule has 1 saturated heterocycles. The number of nitrogen functional groups attached to an aromatic ring is 1. The maximum absolute atomic E-state index is 9.72. The highest BCUT2D eigenvalue weighted by molar-refractivity contribution is 6.33. The quantitative estimate of drug-likeness (QED) is 0.525. The van der Waals surface area contributed by atoms with Gasteiger partial charge in [0.05, 0.1) is 29.4 Å². The van der Waals surface area contributed by atoms with Crippen molar-refractivity contribution in [1.82, 2.24) is 25.0 Å². The number of aliphatic hydroxyl groups excluding tert-OH is 1. The van der Waals surface area contributed by atoms with Crippen molar-refractivity contribution in [3.05, 3.63) is 28.8 Å². The van der Waals surface area contributed by atoms with Crippen LogP contribution < -0.4 is 16.0 Å². The summed E-state index contributed by atoms with van der Waals surface area (Å²) in [6.07, 6.45) is 1.92. The molecule has 1 aliphatic rings. The Morgan fingerprint density at radius 3 is 2.90 bits per heavy atom. The summed E-state index contributed by atoms with van der Waals surface area (Å²) in [5.41, 5.74) is 8.71. The molecule has 29 heavy (non-hydrogen) atoms. The molecule has 1 fully saturated rings. The Labute approximate surface area is 173 Å². The lowest BCUT2D eigenvalue weighted by Gasteiger charge is -2.23. The highest BCUT2D eigenvalue weighted by Gasteiger charge is 2.28. The SMILES string of the molecule is CC(C)n1nnc2c(NCc3ccc(Cl)c(N)c3)nc(N3CCC[C@@H]3CO)nc21. The smallest absolute Gasteiger partial charge is 0.229 e. The van der Waals surface area contributed by atoms with Crippen molar-refractivity contribution in [2.75, 3.05) is 29.1 Å². The topological polar surface area (TPSA) is 118 Å². The van der Waals surface area contributed by atoms with Crippen LogP contribution in [-0.4, -0.2) is 49.3 Å². The van der Waals surface area contributed by atoms with Crippen LogP contribution in [0.25, 0.3) is 11.2 Å². The third-order valence-corrected chi connectivity index (χ3v) is 5.51. The van der Waals surface area contributed by atoms with Gasteiger partial charge in [-0.2, -0.15) is 9.97 Å². The molecule has 4 N–H and O–H groups in total. The number of halogens is 1. The van der Waals surface area contributed by atoms with Crippen LogP contribution in [0.5, 0.6) is 0 Å². The van der Waals surface area contributed by atoms with Crippen LogP contribution in [0.2, 0.25) is 5.02 Å². The van der Waals surface area contributed by atoms with E-state index in [1.807, 2.05) is 26.0 Å². The number of hydrogen-bond acceptors (Lipinski definition) is 8.